The third-order valence-corrected chi connectivity index (χ3v) is 3.98. The standard InChI is InChI=1S/C14H16ClN3O2/c1-10-3-2-6-17(9-10)14(8-16)11-4-5-12(15)13(7-11)18(19)20/h4-5,7,10,14H,2-3,6,9H2,1H3. The van der Waals surface area contributed by atoms with Crippen molar-refractivity contribution in [2.24, 2.45) is 5.92 Å². The van der Waals surface area contributed by atoms with Crippen molar-refractivity contribution >= 4 is 17.3 Å². The molecule has 1 aromatic carbocycles. The zero-order chi connectivity index (χ0) is 14.7. The molecule has 2 rings (SSSR count). The van der Waals surface area contributed by atoms with E-state index in [1.54, 1.807) is 6.07 Å². The summed E-state index contributed by atoms with van der Waals surface area (Å²) in [5.74, 6) is 0.543. The van der Waals surface area contributed by atoms with Crippen molar-refractivity contribution < 1.29 is 4.92 Å². The van der Waals surface area contributed by atoms with Crippen molar-refractivity contribution in [3.63, 3.8) is 0 Å². The molecule has 5 nitrogen and oxygen atoms in total. The van der Waals surface area contributed by atoms with Crippen molar-refractivity contribution in [3.8, 4) is 6.07 Å². The number of halogens is 1. The van der Waals surface area contributed by atoms with Crippen molar-refractivity contribution in [2.75, 3.05) is 13.1 Å². The molecule has 6 heteroatoms. The first kappa shape index (κ1) is 14.8. The molecule has 0 saturated carbocycles. The summed E-state index contributed by atoms with van der Waals surface area (Å²) in [7, 11) is 0. The van der Waals surface area contributed by atoms with Gasteiger partial charge in [-0.1, -0.05) is 24.6 Å². The Morgan fingerprint density at radius 1 is 1.60 bits per heavy atom. The second-order valence-electron chi connectivity index (χ2n) is 5.24. The third-order valence-electron chi connectivity index (χ3n) is 3.66. The summed E-state index contributed by atoms with van der Waals surface area (Å²) in [5.41, 5.74) is 0.493. The molecule has 0 spiro atoms. The number of benzene rings is 1. The van der Waals surface area contributed by atoms with E-state index in [9.17, 15) is 15.4 Å². The highest BCUT2D eigenvalue weighted by Gasteiger charge is 2.26. The Hall–Kier alpha value is -1.64. The Morgan fingerprint density at radius 2 is 2.35 bits per heavy atom. The lowest BCUT2D eigenvalue weighted by Gasteiger charge is -2.34. The van der Waals surface area contributed by atoms with E-state index in [1.165, 1.54) is 12.1 Å². The minimum atomic E-state index is -0.515. The maximum Gasteiger partial charge on any atom is 0.288 e. The third kappa shape index (κ3) is 3.09. The van der Waals surface area contributed by atoms with Crippen LogP contribution >= 0.6 is 11.6 Å². The summed E-state index contributed by atoms with van der Waals surface area (Å²) in [4.78, 5) is 12.5. The Morgan fingerprint density at radius 3 is 2.95 bits per heavy atom. The molecule has 0 amide bonds. The van der Waals surface area contributed by atoms with Crippen molar-refractivity contribution in [1.29, 1.82) is 5.26 Å². The van der Waals surface area contributed by atoms with Crippen LogP contribution in [0.2, 0.25) is 5.02 Å². The van der Waals surface area contributed by atoms with Gasteiger partial charge in [0, 0.05) is 12.6 Å². The van der Waals surface area contributed by atoms with Crippen LogP contribution in [0.3, 0.4) is 0 Å². The highest BCUT2D eigenvalue weighted by Crippen LogP contribution is 2.31. The molecule has 0 bridgehead atoms. The van der Waals surface area contributed by atoms with Gasteiger partial charge < -0.3 is 0 Å². The van der Waals surface area contributed by atoms with Gasteiger partial charge in [-0.2, -0.15) is 5.26 Å². The number of rotatable bonds is 3. The monoisotopic (exact) mass is 293 g/mol. The number of nitriles is 1. The molecule has 2 unspecified atom stereocenters. The molecule has 0 aromatic heterocycles. The molecular weight excluding hydrogens is 278 g/mol. The Balaban J connectivity index is 2.30. The average Bonchev–Trinajstić information content (AvgIpc) is 2.41. The Labute approximate surface area is 122 Å². The topological polar surface area (TPSA) is 70.2 Å². The lowest BCUT2D eigenvalue weighted by Crippen LogP contribution is -2.36. The van der Waals surface area contributed by atoms with Crippen LogP contribution in [0.1, 0.15) is 31.4 Å². The number of likely N-dealkylation sites (tertiary alicyclic amines) is 1. The van der Waals surface area contributed by atoms with Crippen molar-refractivity contribution in [1.82, 2.24) is 4.90 Å². The maximum absolute atomic E-state index is 10.9. The van der Waals surface area contributed by atoms with Gasteiger partial charge in [0.05, 0.1) is 11.0 Å². The molecule has 0 radical (unpaired) electrons. The van der Waals surface area contributed by atoms with E-state index in [0.717, 1.165) is 25.9 Å². The van der Waals surface area contributed by atoms with Crippen molar-refractivity contribution in [3.05, 3.63) is 38.9 Å². The van der Waals surface area contributed by atoms with Crippen LogP contribution < -0.4 is 0 Å². The highest BCUT2D eigenvalue weighted by molar-refractivity contribution is 6.32. The predicted octanol–water partition coefficient (Wildman–Crippen LogP) is 3.54. The van der Waals surface area contributed by atoms with Crippen LogP contribution in [0.4, 0.5) is 5.69 Å². The van der Waals surface area contributed by atoms with E-state index >= 15 is 0 Å². The van der Waals surface area contributed by atoms with Gasteiger partial charge >= 0.3 is 0 Å². The minimum Gasteiger partial charge on any atom is -0.284 e. The molecule has 2 atom stereocenters. The molecule has 106 valence electrons. The number of nitrogens with zero attached hydrogens (tertiary/aromatic N) is 3. The lowest BCUT2D eigenvalue weighted by molar-refractivity contribution is -0.384. The summed E-state index contributed by atoms with van der Waals surface area (Å²) in [5, 5.41) is 20.5. The number of hydrogen-bond acceptors (Lipinski definition) is 4. The Kier molecular flexibility index (Phi) is 4.58. The van der Waals surface area contributed by atoms with E-state index in [-0.39, 0.29) is 10.7 Å². The molecule has 1 aromatic rings. The van der Waals surface area contributed by atoms with E-state index in [0.29, 0.717) is 11.5 Å². The zero-order valence-electron chi connectivity index (χ0n) is 11.3. The molecule has 0 N–H and O–H groups in total. The average molecular weight is 294 g/mol. The number of hydrogen-bond donors (Lipinski definition) is 0. The van der Waals surface area contributed by atoms with Crippen LogP contribution in [-0.2, 0) is 0 Å². The van der Waals surface area contributed by atoms with E-state index in [1.807, 2.05) is 0 Å². The van der Waals surface area contributed by atoms with E-state index < -0.39 is 11.0 Å². The second-order valence-corrected chi connectivity index (χ2v) is 5.65. The van der Waals surface area contributed by atoms with Crippen LogP contribution in [0, 0.1) is 27.4 Å². The SMILES string of the molecule is CC1CCCN(C(C#N)c2ccc(Cl)c([N+](=O)[O-])c2)C1. The van der Waals surface area contributed by atoms with E-state index in [2.05, 4.69) is 17.9 Å². The highest BCUT2D eigenvalue weighted by atomic mass is 35.5. The summed E-state index contributed by atoms with van der Waals surface area (Å²) in [6, 6.07) is 6.41. The first-order valence-electron chi connectivity index (χ1n) is 6.60. The lowest BCUT2D eigenvalue weighted by atomic mass is 9.96. The van der Waals surface area contributed by atoms with Gasteiger partial charge in [0.15, 0.2) is 0 Å². The maximum atomic E-state index is 10.9. The molecule has 1 aliphatic rings. The smallest absolute Gasteiger partial charge is 0.284 e. The van der Waals surface area contributed by atoms with Gasteiger partial charge in [0.25, 0.3) is 5.69 Å². The number of piperidine rings is 1. The number of nitro benzene ring substituents is 1. The summed E-state index contributed by atoms with van der Waals surface area (Å²) >= 11 is 5.81. The fourth-order valence-electron chi connectivity index (χ4n) is 2.67. The van der Waals surface area contributed by atoms with Gasteiger partial charge in [-0.05, 0) is 36.9 Å². The van der Waals surface area contributed by atoms with Gasteiger partial charge in [-0.25, -0.2) is 0 Å². The first-order chi connectivity index (χ1) is 9.52. The van der Waals surface area contributed by atoms with Crippen LogP contribution in [0.25, 0.3) is 0 Å². The predicted molar refractivity (Wildman–Crippen MR) is 76.4 cm³/mol. The van der Waals surface area contributed by atoms with E-state index in [4.69, 9.17) is 11.6 Å². The molecule has 0 aliphatic carbocycles. The van der Waals surface area contributed by atoms with Crippen molar-refractivity contribution in [2.45, 2.75) is 25.8 Å². The van der Waals surface area contributed by atoms with Gasteiger partial charge in [-0.3, -0.25) is 15.0 Å². The molecule has 1 heterocycles. The van der Waals surface area contributed by atoms with Gasteiger partial charge in [0.1, 0.15) is 11.1 Å². The first-order valence-corrected chi connectivity index (χ1v) is 6.98. The minimum absolute atomic E-state index is 0.0995. The fraction of sp³-hybridized carbons (Fsp3) is 0.500. The molecule has 1 fully saturated rings. The van der Waals surface area contributed by atoms with Crippen LogP contribution in [0.15, 0.2) is 18.2 Å². The second kappa shape index (κ2) is 6.21. The molecular formula is C14H16ClN3O2. The summed E-state index contributed by atoms with van der Waals surface area (Å²) in [6.45, 7) is 3.85. The summed E-state index contributed by atoms with van der Waals surface area (Å²) < 4.78 is 0. The van der Waals surface area contributed by atoms with Crippen LogP contribution in [-0.4, -0.2) is 22.9 Å². The Bertz CT molecular complexity index is 556. The summed E-state index contributed by atoms with van der Waals surface area (Å²) in [6.07, 6.45) is 2.21. The van der Waals surface area contributed by atoms with Crippen LogP contribution in [0.5, 0.6) is 0 Å². The quantitative estimate of drug-likeness (QED) is 0.631. The largest absolute Gasteiger partial charge is 0.288 e. The fourth-order valence-corrected chi connectivity index (χ4v) is 2.85. The molecule has 1 aliphatic heterocycles. The molecule has 1 saturated heterocycles. The number of nitro groups is 1. The van der Waals surface area contributed by atoms with Gasteiger partial charge in [0.2, 0.25) is 0 Å². The zero-order valence-corrected chi connectivity index (χ0v) is 12.0. The molecule has 20 heavy (non-hydrogen) atoms. The van der Waals surface area contributed by atoms with Gasteiger partial charge in [-0.15, -0.1) is 0 Å². The normalized spacial score (nSPS) is 21.1.